The SMILES string of the molecule is CCC(C)(NS(=O)(=O)CC)C(=O)O. The maximum absolute atomic E-state index is 11.1. The van der Waals surface area contributed by atoms with E-state index >= 15 is 0 Å². The Kier molecular flexibility index (Phi) is 3.87. The highest BCUT2D eigenvalue weighted by Crippen LogP contribution is 2.10. The van der Waals surface area contributed by atoms with Crippen LogP contribution in [0.4, 0.5) is 0 Å². The van der Waals surface area contributed by atoms with Crippen LogP contribution in [0.1, 0.15) is 27.2 Å². The molecule has 0 fully saturated rings. The van der Waals surface area contributed by atoms with Crippen molar-refractivity contribution in [1.29, 1.82) is 0 Å². The minimum absolute atomic E-state index is 0.115. The molecule has 1 unspecified atom stereocenters. The molecule has 0 saturated carbocycles. The van der Waals surface area contributed by atoms with Crippen LogP contribution in [0.5, 0.6) is 0 Å². The molecule has 6 heteroatoms. The first kappa shape index (κ1) is 12.4. The van der Waals surface area contributed by atoms with E-state index in [4.69, 9.17) is 5.11 Å². The Morgan fingerprint density at radius 3 is 2.15 bits per heavy atom. The van der Waals surface area contributed by atoms with Crippen LogP contribution >= 0.6 is 0 Å². The summed E-state index contributed by atoms with van der Waals surface area (Å²) in [5, 5.41) is 8.76. The zero-order valence-corrected chi connectivity index (χ0v) is 8.81. The van der Waals surface area contributed by atoms with E-state index in [0.717, 1.165) is 0 Å². The van der Waals surface area contributed by atoms with Gasteiger partial charge in [-0.25, -0.2) is 8.42 Å². The van der Waals surface area contributed by atoms with Crippen molar-refractivity contribution in [2.75, 3.05) is 5.75 Å². The fraction of sp³-hybridized carbons (Fsp3) is 0.857. The van der Waals surface area contributed by atoms with E-state index in [2.05, 4.69) is 4.72 Å². The minimum Gasteiger partial charge on any atom is -0.480 e. The number of hydrogen-bond acceptors (Lipinski definition) is 3. The topological polar surface area (TPSA) is 83.5 Å². The van der Waals surface area contributed by atoms with Crippen LogP contribution in [0.2, 0.25) is 0 Å². The van der Waals surface area contributed by atoms with E-state index in [1.165, 1.54) is 13.8 Å². The van der Waals surface area contributed by atoms with Gasteiger partial charge in [-0.2, -0.15) is 4.72 Å². The van der Waals surface area contributed by atoms with Gasteiger partial charge < -0.3 is 5.11 Å². The van der Waals surface area contributed by atoms with Crippen molar-refractivity contribution in [3.63, 3.8) is 0 Å². The Labute approximate surface area is 78.2 Å². The van der Waals surface area contributed by atoms with Crippen LogP contribution in [-0.2, 0) is 14.8 Å². The van der Waals surface area contributed by atoms with Gasteiger partial charge in [0.15, 0.2) is 0 Å². The molecular weight excluding hydrogens is 194 g/mol. The molecule has 0 aromatic heterocycles. The normalized spacial score (nSPS) is 16.5. The number of hydrogen-bond donors (Lipinski definition) is 2. The maximum Gasteiger partial charge on any atom is 0.324 e. The highest BCUT2D eigenvalue weighted by Gasteiger charge is 2.34. The molecule has 0 bridgehead atoms. The molecule has 0 aromatic carbocycles. The molecular formula is C7H15NO4S. The van der Waals surface area contributed by atoms with Crippen LogP contribution in [0, 0.1) is 0 Å². The van der Waals surface area contributed by atoms with Crippen molar-refractivity contribution in [3.05, 3.63) is 0 Å². The fourth-order valence-electron chi connectivity index (χ4n) is 0.682. The number of carbonyl (C=O) groups is 1. The molecule has 2 N–H and O–H groups in total. The predicted octanol–water partition coefficient (Wildman–Crippen LogP) is 0.179. The van der Waals surface area contributed by atoms with Crippen molar-refractivity contribution in [2.45, 2.75) is 32.7 Å². The van der Waals surface area contributed by atoms with Crippen molar-refractivity contribution >= 4 is 16.0 Å². The predicted molar refractivity (Wildman–Crippen MR) is 48.9 cm³/mol. The summed E-state index contributed by atoms with van der Waals surface area (Å²) in [6.07, 6.45) is 0.210. The Morgan fingerprint density at radius 1 is 1.46 bits per heavy atom. The molecule has 0 aliphatic heterocycles. The summed E-state index contributed by atoms with van der Waals surface area (Å²) < 4.78 is 24.3. The van der Waals surface area contributed by atoms with E-state index in [0.29, 0.717) is 0 Å². The molecule has 78 valence electrons. The summed E-state index contributed by atoms with van der Waals surface area (Å²) in [4.78, 5) is 10.7. The second kappa shape index (κ2) is 4.06. The van der Waals surface area contributed by atoms with E-state index in [1.54, 1.807) is 6.92 Å². The van der Waals surface area contributed by atoms with Crippen LogP contribution in [0.25, 0.3) is 0 Å². The molecule has 0 radical (unpaired) electrons. The molecule has 0 rings (SSSR count). The Hall–Kier alpha value is -0.620. The minimum atomic E-state index is -3.47. The van der Waals surface area contributed by atoms with E-state index in [1.807, 2.05) is 0 Å². The van der Waals surface area contributed by atoms with Gasteiger partial charge in [-0.15, -0.1) is 0 Å². The standard InChI is InChI=1S/C7H15NO4S/c1-4-7(3,6(9)10)8-13(11,12)5-2/h8H,4-5H2,1-3H3,(H,9,10). The Balaban J connectivity index is 4.75. The molecule has 1 atom stereocenters. The highest BCUT2D eigenvalue weighted by atomic mass is 32.2. The first-order chi connectivity index (χ1) is 5.77. The van der Waals surface area contributed by atoms with Gasteiger partial charge >= 0.3 is 5.97 Å². The molecule has 0 amide bonds. The lowest BCUT2D eigenvalue weighted by Gasteiger charge is -2.23. The van der Waals surface area contributed by atoms with Crippen molar-refractivity contribution < 1.29 is 18.3 Å². The van der Waals surface area contributed by atoms with Gasteiger partial charge in [-0.1, -0.05) is 6.92 Å². The first-order valence-electron chi connectivity index (χ1n) is 4.02. The Morgan fingerprint density at radius 2 is 1.92 bits per heavy atom. The number of aliphatic carboxylic acids is 1. The molecule has 0 aliphatic rings. The summed E-state index contributed by atoms with van der Waals surface area (Å²) in [6, 6.07) is 0. The third-order valence-corrected chi connectivity index (χ3v) is 3.46. The smallest absolute Gasteiger partial charge is 0.324 e. The van der Waals surface area contributed by atoms with Gasteiger partial charge in [-0.05, 0) is 20.3 Å². The van der Waals surface area contributed by atoms with Crippen LogP contribution in [0.15, 0.2) is 0 Å². The van der Waals surface area contributed by atoms with Gasteiger partial charge in [0.05, 0.1) is 5.75 Å². The van der Waals surface area contributed by atoms with Gasteiger partial charge in [-0.3, -0.25) is 4.79 Å². The van der Waals surface area contributed by atoms with Crippen LogP contribution in [-0.4, -0.2) is 30.8 Å². The van der Waals surface area contributed by atoms with E-state index in [-0.39, 0.29) is 12.2 Å². The zero-order valence-electron chi connectivity index (χ0n) is 7.99. The van der Waals surface area contributed by atoms with Crippen LogP contribution in [0.3, 0.4) is 0 Å². The molecule has 0 heterocycles. The first-order valence-corrected chi connectivity index (χ1v) is 5.67. The highest BCUT2D eigenvalue weighted by molar-refractivity contribution is 7.89. The lowest BCUT2D eigenvalue weighted by molar-refractivity contribution is -0.143. The summed E-state index contributed by atoms with van der Waals surface area (Å²) in [5.74, 6) is -1.28. The van der Waals surface area contributed by atoms with Crippen molar-refractivity contribution in [2.24, 2.45) is 0 Å². The fourth-order valence-corrected chi connectivity index (χ4v) is 1.74. The third-order valence-electron chi connectivity index (χ3n) is 1.94. The van der Waals surface area contributed by atoms with Gasteiger partial charge in [0.2, 0.25) is 10.0 Å². The second-order valence-corrected chi connectivity index (χ2v) is 5.01. The van der Waals surface area contributed by atoms with E-state index in [9.17, 15) is 13.2 Å². The lowest BCUT2D eigenvalue weighted by atomic mass is 10.0. The third kappa shape index (κ3) is 3.31. The average molecular weight is 209 g/mol. The summed E-state index contributed by atoms with van der Waals surface area (Å²) in [5.41, 5.74) is -1.39. The second-order valence-electron chi connectivity index (χ2n) is 3.00. The summed E-state index contributed by atoms with van der Waals surface area (Å²) in [6.45, 7) is 4.43. The summed E-state index contributed by atoms with van der Waals surface area (Å²) >= 11 is 0. The Bertz CT molecular complexity index is 285. The summed E-state index contributed by atoms with van der Waals surface area (Å²) in [7, 11) is -3.47. The van der Waals surface area contributed by atoms with Crippen molar-refractivity contribution in [1.82, 2.24) is 4.72 Å². The van der Waals surface area contributed by atoms with Gasteiger partial charge in [0, 0.05) is 0 Å². The number of carboxylic acids is 1. The number of nitrogens with one attached hydrogen (secondary N) is 1. The monoisotopic (exact) mass is 209 g/mol. The maximum atomic E-state index is 11.1. The molecule has 0 aromatic rings. The largest absolute Gasteiger partial charge is 0.480 e. The zero-order chi connectivity index (χ0) is 10.7. The number of sulfonamides is 1. The molecule has 0 aliphatic carbocycles. The average Bonchev–Trinajstić information content (AvgIpc) is 2.03. The molecule has 13 heavy (non-hydrogen) atoms. The molecule has 5 nitrogen and oxygen atoms in total. The number of rotatable bonds is 5. The van der Waals surface area contributed by atoms with Crippen molar-refractivity contribution in [3.8, 4) is 0 Å². The number of carboxylic acid groups (broad SMARTS) is 1. The quantitative estimate of drug-likeness (QED) is 0.676. The van der Waals surface area contributed by atoms with Crippen LogP contribution < -0.4 is 4.72 Å². The lowest BCUT2D eigenvalue weighted by Crippen LogP contribution is -2.52. The van der Waals surface area contributed by atoms with Gasteiger partial charge in [0.25, 0.3) is 0 Å². The van der Waals surface area contributed by atoms with Gasteiger partial charge in [0.1, 0.15) is 5.54 Å². The molecule has 0 saturated heterocycles. The molecule has 0 spiro atoms. The van der Waals surface area contributed by atoms with E-state index < -0.39 is 21.5 Å².